The number of nitrogens with one attached hydrogen (secondary N) is 2. The number of carbonyl (C=O) groups excluding carboxylic acids is 2. The summed E-state index contributed by atoms with van der Waals surface area (Å²) >= 11 is 2.18. The van der Waals surface area contributed by atoms with Gasteiger partial charge in [-0.1, -0.05) is 12.1 Å². The van der Waals surface area contributed by atoms with Gasteiger partial charge in [-0.25, -0.2) is 5.43 Å². The highest BCUT2D eigenvalue weighted by Crippen LogP contribution is 2.27. The molecule has 5 nitrogen and oxygen atoms in total. The molecule has 2 aromatic carbocycles. The van der Waals surface area contributed by atoms with Gasteiger partial charge >= 0.3 is 0 Å². The summed E-state index contributed by atoms with van der Waals surface area (Å²) in [7, 11) is 0. The zero-order valence-electron chi connectivity index (χ0n) is 15.2. The predicted octanol–water partition coefficient (Wildman–Crippen LogP) is 4.30. The van der Waals surface area contributed by atoms with Crippen molar-refractivity contribution in [2.45, 2.75) is 39.0 Å². The Kier molecular flexibility index (Phi) is 6.60. The molecule has 0 atom stereocenters. The first-order valence-corrected chi connectivity index (χ1v) is 10.1. The van der Waals surface area contributed by atoms with Crippen LogP contribution in [0.3, 0.4) is 0 Å². The number of anilines is 1. The highest BCUT2D eigenvalue weighted by molar-refractivity contribution is 14.1. The number of fused-ring (bicyclic) bond motifs is 1. The third kappa shape index (κ3) is 5.38. The number of aryl methyl sites for hydroxylation is 1. The van der Waals surface area contributed by atoms with Gasteiger partial charge in [0.1, 0.15) is 0 Å². The van der Waals surface area contributed by atoms with E-state index < -0.39 is 0 Å². The molecule has 0 saturated carbocycles. The van der Waals surface area contributed by atoms with Crippen LogP contribution in [0.4, 0.5) is 5.69 Å². The molecule has 0 heterocycles. The van der Waals surface area contributed by atoms with Gasteiger partial charge in [-0.05, 0) is 96.7 Å². The highest BCUT2D eigenvalue weighted by atomic mass is 127. The SMILES string of the molecule is CC(CC(=O)Nc1cccc2c1CCCC2)=NNC(=O)c1ccc(I)cc1. The predicted molar refractivity (Wildman–Crippen MR) is 116 cm³/mol. The van der Waals surface area contributed by atoms with E-state index in [9.17, 15) is 9.59 Å². The number of hydrogen-bond acceptors (Lipinski definition) is 3. The minimum Gasteiger partial charge on any atom is -0.325 e. The fraction of sp³-hybridized carbons (Fsp3) is 0.286. The number of hydrogen-bond donors (Lipinski definition) is 2. The molecule has 1 aliphatic carbocycles. The second kappa shape index (κ2) is 9.12. The monoisotopic (exact) mass is 475 g/mol. The number of benzene rings is 2. The van der Waals surface area contributed by atoms with Crippen LogP contribution in [-0.4, -0.2) is 17.5 Å². The fourth-order valence-electron chi connectivity index (χ4n) is 3.18. The van der Waals surface area contributed by atoms with E-state index in [0.717, 1.165) is 28.5 Å². The Morgan fingerprint density at radius 2 is 1.81 bits per heavy atom. The van der Waals surface area contributed by atoms with Crippen LogP contribution >= 0.6 is 22.6 Å². The van der Waals surface area contributed by atoms with E-state index in [2.05, 4.69) is 44.5 Å². The molecule has 2 amide bonds. The lowest BCUT2D eigenvalue weighted by atomic mass is 9.90. The van der Waals surface area contributed by atoms with E-state index in [0.29, 0.717) is 11.3 Å². The summed E-state index contributed by atoms with van der Waals surface area (Å²) in [6.45, 7) is 1.73. The van der Waals surface area contributed by atoms with Crippen LogP contribution in [0.1, 0.15) is 47.7 Å². The molecule has 0 radical (unpaired) electrons. The molecule has 0 bridgehead atoms. The van der Waals surface area contributed by atoms with Crippen LogP contribution < -0.4 is 10.7 Å². The van der Waals surface area contributed by atoms with Crippen molar-refractivity contribution < 1.29 is 9.59 Å². The van der Waals surface area contributed by atoms with E-state index in [1.165, 1.54) is 17.5 Å². The van der Waals surface area contributed by atoms with Crippen molar-refractivity contribution in [3.63, 3.8) is 0 Å². The van der Waals surface area contributed by atoms with Crippen molar-refractivity contribution in [3.8, 4) is 0 Å². The molecular weight excluding hydrogens is 453 g/mol. The van der Waals surface area contributed by atoms with E-state index in [1.54, 1.807) is 19.1 Å². The first-order valence-electron chi connectivity index (χ1n) is 9.02. The normalized spacial score (nSPS) is 13.6. The molecule has 2 aromatic rings. The average molecular weight is 475 g/mol. The number of rotatable bonds is 5. The molecule has 0 saturated heterocycles. The van der Waals surface area contributed by atoms with Crippen LogP contribution in [-0.2, 0) is 17.6 Å². The Morgan fingerprint density at radius 3 is 2.59 bits per heavy atom. The molecule has 1 aliphatic rings. The van der Waals surface area contributed by atoms with Gasteiger partial charge in [0.15, 0.2) is 0 Å². The molecule has 0 aliphatic heterocycles. The summed E-state index contributed by atoms with van der Waals surface area (Å²) in [6.07, 6.45) is 4.58. The minimum atomic E-state index is -0.289. The summed E-state index contributed by atoms with van der Waals surface area (Å²) in [5.74, 6) is -0.415. The standard InChI is InChI=1S/C21H22IN3O2/c1-14(24-25-21(27)16-9-11-17(22)12-10-16)13-20(26)23-19-8-4-6-15-5-2-3-7-18(15)19/h4,6,8-12H,2-3,5,7,13H2,1H3,(H,23,26)(H,25,27). The summed E-state index contributed by atoms with van der Waals surface area (Å²) in [5, 5.41) is 7.04. The van der Waals surface area contributed by atoms with Gasteiger partial charge in [-0.3, -0.25) is 9.59 Å². The van der Waals surface area contributed by atoms with Crippen molar-refractivity contribution in [1.29, 1.82) is 0 Å². The van der Waals surface area contributed by atoms with E-state index in [4.69, 9.17) is 0 Å². The largest absolute Gasteiger partial charge is 0.325 e. The number of nitrogens with zero attached hydrogens (tertiary/aromatic N) is 1. The number of halogens is 1. The van der Waals surface area contributed by atoms with Crippen LogP contribution in [0.5, 0.6) is 0 Å². The Hall–Kier alpha value is -2.22. The van der Waals surface area contributed by atoms with Gasteiger partial charge in [0.2, 0.25) is 5.91 Å². The van der Waals surface area contributed by atoms with Gasteiger partial charge in [-0.2, -0.15) is 5.10 Å². The molecule has 0 aromatic heterocycles. The summed E-state index contributed by atoms with van der Waals surface area (Å²) in [5.41, 5.74) is 7.06. The maximum Gasteiger partial charge on any atom is 0.271 e. The third-order valence-electron chi connectivity index (χ3n) is 4.54. The topological polar surface area (TPSA) is 70.6 Å². The zero-order chi connectivity index (χ0) is 19.2. The highest BCUT2D eigenvalue weighted by Gasteiger charge is 2.15. The second-order valence-corrected chi connectivity index (χ2v) is 7.92. The quantitative estimate of drug-likeness (QED) is 0.385. The Labute approximate surface area is 172 Å². The molecule has 2 N–H and O–H groups in total. The van der Waals surface area contributed by atoms with Gasteiger partial charge in [0.25, 0.3) is 5.91 Å². The molecule has 6 heteroatoms. The number of amides is 2. The van der Waals surface area contributed by atoms with Crippen LogP contribution in [0, 0.1) is 3.57 Å². The van der Waals surface area contributed by atoms with Crippen molar-refractivity contribution in [2.24, 2.45) is 5.10 Å². The Bertz CT molecular complexity index is 875. The van der Waals surface area contributed by atoms with Crippen molar-refractivity contribution in [2.75, 3.05) is 5.32 Å². The summed E-state index contributed by atoms with van der Waals surface area (Å²) < 4.78 is 1.06. The first-order chi connectivity index (χ1) is 13.0. The van der Waals surface area contributed by atoms with E-state index >= 15 is 0 Å². The second-order valence-electron chi connectivity index (χ2n) is 6.67. The lowest BCUT2D eigenvalue weighted by Crippen LogP contribution is -2.22. The molecule has 27 heavy (non-hydrogen) atoms. The maximum absolute atomic E-state index is 12.4. The van der Waals surface area contributed by atoms with Gasteiger partial charge in [0.05, 0.1) is 6.42 Å². The van der Waals surface area contributed by atoms with Crippen LogP contribution in [0.15, 0.2) is 47.6 Å². The van der Waals surface area contributed by atoms with Crippen LogP contribution in [0.25, 0.3) is 0 Å². The first kappa shape index (κ1) is 19.5. The maximum atomic E-state index is 12.4. The Morgan fingerprint density at radius 1 is 1.07 bits per heavy atom. The molecular formula is C21H22IN3O2. The molecule has 0 unspecified atom stereocenters. The van der Waals surface area contributed by atoms with E-state index in [1.807, 2.05) is 24.3 Å². The number of hydrazone groups is 1. The smallest absolute Gasteiger partial charge is 0.271 e. The minimum absolute atomic E-state index is 0.126. The van der Waals surface area contributed by atoms with Crippen molar-refractivity contribution >= 4 is 45.8 Å². The lowest BCUT2D eigenvalue weighted by Gasteiger charge is -2.19. The molecule has 0 fully saturated rings. The van der Waals surface area contributed by atoms with Gasteiger partial charge in [-0.15, -0.1) is 0 Å². The zero-order valence-corrected chi connectivity index (χ0v) is 17.4. The number of carbonyl (C=O) groups is 2. The van der Waals surface area contributed by atoms with Gasteiger partial charge < -0.3 is 5.32 Å². The summed E-state index contributed by atoms with van der Waals surface area (Å²) in [6, 6.07) is 13.3. The Balaban J connectivity index is 1.57. The van der Waals surface area contributed by atoms with Crippen LogP contribution in [0.2, 0.25) is 0 Å². The molecule has 0 spiro atoms. The lowest BCUT2D eigenvalue weighted by molar-refractivity contribution is -0.115. The fourth-order valence-corrected chi connectivity index (χ4v) is 3.54. The third-order valence-corrected chi connectivity index (χ3v) is 5.26. The van der Waals surface area contributed by atoms with E-state index in [-0.39, 0.29) is 18.2 Å². The van der Waals surface area contributed by atoms with Gasteiger partial charge in [0, 0.05) is 20.5 Å². The van der Waals surface area contributed by atoms with Crippen molar-refractivity contribution in [3.05, 3.63) is 62.7 Å². The summed E-state index contributed by atoms with van der Waals surface area (Å²) in [4.78, 5) is 24.4. The average Bonchev–Trinajstić information content (AvgIpc) is 2.67. The molecule has 3 rings (SSSR count). The molecule has 140 valence electrons. The van der Waals surface area contributed by atoms with Crippen molar-refractivity contribution in [1.82, 2.24) is 5.43 Å².